The summed E-state index contributed by atoms with van der Waals surface area (Å²) in [4.78, 5) is 14.8. The van der Waals surface area contributed by atoms with Gasteiger partial charge in [0.1, 0.15) is 5.75 Å². The lowest BCUT2D eigenvalue weighted by atomic mass is 9.92. The second kappa shape index (κ2) is 6.65. The van der Waals surface area contributed by atoms with E-state index in [0.717, 1.165) is 23.2 Å². The number of rotatable bonds is 3. The van der Waals surface area contributed by atoms with E-state index in [4.69, 9.17) is 5.73 Å². The number of nitrogens with zero attached hydrogens (tertiary/aromatic N) is 1. The van der Waals surface area contributed by atoms with E-state index in [1.807, 2.05) is 36.1 Å². The van der Waals surface area contributed by atoms with Crippen LogP contribution in [0.1, 0.15) is 23.6 Å². The van der Waals surface area contributed by atoms with Crippen molar-refractivity contribution in [3.05, 3.63) is 59.2 Å². The molecule has 2 unspecified atom stereocenters. The number of anilines is 1. The minimum Gasteiger partial charge on any atom is -0.508 e. The van der Waals surface area contributed by atoms with Gasteiger partial charge in [-0.05, 0) is 60.6 Å². The first-order valence-corrected chi connectivity index (χ1v) is 8.39. The van der Waals surface area contributed by atoms with E-state index in [1.165, 1.54) is 5.56 Å². The fraction of sp³-hybridized carbons (Fsp3) is 0.350. The largest absolute Gasteiger partial charge is 0.508 e. The van der Waals surface area contributed by atoms with Gasteiger partial charge in [0.2, 0.25) is 5.91 Å². The van der Waals surface area contributed by atoms with Crippen LogP contribution in [-0.4, -0.2) is 23.6 Å². The van der Waals surface area contributed by atoms with E-state index in [9.17, 15) is 9.90 Å². The summed E-state index contributed by atoms with van der Waals surface area (Å²) in [5.74, 6) is 0.614. The smallest absolute Gasteiger partial charge is 0.244 e. The lowest BCUT2D eigenvalue weighted by Crippen LogP contribution is -2.48. The fourth-order valence-electron chi connectivity index (χ4n) is 3.44. The third-order valence-corrected chi connectivity index (χ3v) is 4.69. The maximum Gasteiger partial charge on any atom is 0.244 e. The molecule has 2 aromatic rings. The van der Waals surface area contributed by atoms with Gasteiger partial charge < -0.3 is 15.7 Å². The Labute approximate surface area is 142 Å². The van der Waals surface area contributed by atoms with Crippen LogP contribution in [-0.2, 0) is 17.6 Å². The van der Waals surface area contributed by atoms with Crippen LogP contribution in [0.5, 0.6) is 5.75 Å². The number of hydrogen-bond donors (Lipinski definition) is 2. The quantitative estimate of drug-likeness (QED) is 0.912. The second-order valence-corrected chi connectivity index (χ2v) is 6.81. The molecule has 3 rings (SSSR count). The summed E-state index contributed by atoms with van der Waals surface area (Å²) in [7, 11) is 0. The van der Waals surface area contributed by atoms with E-state index in [0.29, 0.717) is 18.9 Å². The minimum atomic E-state index is -0.591. The Morgan fingerprint density at radius 1 is 1.33 bits per heavy atom. The number of fused-ring (bicyclic) bond motifs is 1. The molecule has 2 atom stereocenters. The monoisotopic (exact) mass is 324 g/mol. The average molecular weight is 324 g/mol. The van der Waals surface area contributed by atoms with Crippen molar-refractivity contribution >= 4 is 11.6 Å². The van der Waals surface area contributed by atoms with E-state index in [1.54, 1.807) is 12.1 Å². The molecule has 126 valence electrons. The molecular weight excluding hydrogens is 300 g/mol. The first-order valence-electron chi connectivity index (χ1n) is 8.39. The van der Waals surface area contributed by atoms with Crippen LogP contribution < -0.4 is 10.6 Å². The van der Waals surface area contributed by atoms with Gasteiger partial charge in [0.25, 0.3) is 0 Å². The number of aromatic hydroxyl groups is 1. The number of nitrogens with two attached hydrogens (primary N) is 1. The van der Waals surface area contributed by atoms with E-state index in [-0.39, 0.29) is 11.7 Å². The minimum absolute atomic E-state index is 0.0403. The van der Waals surface area contributed by atoms with Gasteiger partial charge in [-0.1, -0.05) is 31.2 Å². The summed E-state index contributed by atoms with van der Waals surface area (Å²) in [5, 5.41) is 9.52. The summed E-state index contributed by atoms with van der Waals surface area (Å²) < 4.78 is 0. The van der Waals surface area contributed by atoms with Crippen molar-refractivity contribution in [1.29, 1.82) is 0 Å². The maximum atomic E-state index is 12.9. The Hall–Kier alpha value is -2.33. The third-order valence-electron chi connectivity index (χ3n) is 4.69. The highest BCUT2D eigenvalue weighted by molar-refractivity contribution is 5.98. The van der Waals surface area contributed by atoms with Crippen LogP contribution in [0.25, 0.3) is 0 Å². The Balaban J connectivity index is 1.81. The van der Waals surface area contributed by atoms with E-state index >= 15 is 0 Å². The molecule has 24 heavy (non-hydrogen) atoms. The van der Waals surface area contributed by atoms with Crippen LogP contribution in [0, 0.1) is 12.8 Å². The van der Waals surface area contributed by atoms with Gasteiger partial charge in [0.05, 0.1) is 6.04 Å². The molecule has 0 aromatic heterocycles. The Kier molecular flexibility index (Phi) is 4.58. The number of amides is 1. The second-order valence-electron chi connectivity index (χ2n) is 6.81. The topological polar surface area (TPSA) is 66.6 Å². The molecule has 1 aliphatic heterocycles. The van der Waals surface area contributed by atoms with E-state index in [2.05, 4.69) is 13.0 Å². The molecule has 1 aliphatic rings. The highest BCUT2D eigenvalue weighted by Crippen LogP contribution is 2.30. The van der Waals surface area contributed by atoms with Crippen molar-refractivity contribution in [3.8, 4) is 5.75 Å². The normalized spacial score (nSPS) is 18.1. The predicted molar refractivity (Wildman–Crippen MR) is 96.2 cm³/mol. The molecule has 0 bridgehead atoms. The lowest BCUT2D eigenvalue weighted by molar-refractivity contribution is -0.120. The SMILES string of the molecule is Cc1cc(O)ccc1CC(N)C(=O)N1CC(C)Cc2ccccc21. The number of phenols is 1. The Morgan fingerprint density at radius 2 is 2.08 bits per heavy atom. The van der Waals surface area contributed by atoms with Crippen LogP contribution in [0.4, 0.5) is 5.69 Å². The van der Waals surface area contributed by atoms with Crippen LogP contribution in [0.15, 0.2) is 42.5 Å². The average Bonchev–Trinajstić information content (AvgIpc) is 2.55. The Bertz CT molecular complexity index is 757. The molecular formula is C20H24N2O2. The van der Waals surface area contributed by atoms with Crippen molar-refractivity contribution in [2.75, 3.05) is 11.4 Å². The summed E-state index contributed by atoms with van der Waals surface area (Å²) in [6.45, 7) is 4.79. The Morgan fingerprint density at radius 3 is 2.83 bits per heavy atom. The van der Waals surface area contributed by atoms with Gasteiger partial charge in [-0.2, -0.15) is 0 Å². The first-order chi connectivity index (χ1) is 11.5. The molecule has 1 heterocycles. The molecule has 3 N–H and O–H groups in total. The summed E-state index contributed by atoms with van der Waals surface area (Å²) in [5.41, 5.74) is 10.4. The molecule has 1 amide bonds. The van der Waals surface area contributed by atoms with Crippen molar-refractivity contribution < 1.29 is 9.90 Å². The van der Waals surface area contributed by atoms with Gasteiger partial charge >= 0.3 is 0 Å². The van der Waals surface area contributed by atoms with E-state index < -0.39 is 6.04 Å². The number of aryl methyl sites for hydroxylation is 1. The number of carbonyl (C=O) groups is 1. The molecule has 2 aromatic carbocycles. The molecule has 4 heteroatoms. The number of benzene rings is 2. The molecule has 0 saturated heterocycles. The van der Waals surface area contributed by atoms with Crippen molar-refractivity contribution in [2.24, 2.45) is 11.7 Å². The van der Waals surface area contributed by atoms with Crippen LogP contribution in [0.2, 0.25) is 0 Å². The van der Waals surface area contributed by atoms with Gasteiger partial charge in [-0.25, -0.2) is 0 Å². The van der Waals surface area contributed by atoms with Gasteiger partial charge in [-0.15, -0.1) is 0 Å². The zero-order valence-corrected chi connectivity index (χ0v) is 14.2. The number of carbonyl (C=O) groups excluding carboxylic acids is 1. The van der Waals surface area contributed by atoms with Gasteiger partial charge in [0.15, 0.2) is 0 Å². The first kappa shape index (κ1) is 16.5. The zero-order chi connectivity index (χ0) is 17.3. The molecule has 0 fully saturated rings. The lowest BCUT2D eigenvalue weighted by Gasteiger charge is -2.34. The number of para-hydroxylation sites is 1. The standard InChI is InChI=1S/C20H24N2O2/c1-13-9-16-5-3-4-6-19(16)22(12-13)20(24)18(21)11-15-7-8-17(23)10-14(15)2/h3-8,10,13,18,23H,9,11-12,21H2,1-2H3. The predicted octanol–water partition coefficient (Wildman–Crippen LogP) is 2.80. The fourth-order valence-corrected chi connectivity index (χ4v) is 3.44. The highest BCUT2D eigenvalue weighted by Gasteiger charge is 2.29. The van der Waals surface area contributed by atoms with Gasteiger partial charge in [0, 0.05) is 12.2 Å². The van der Waals surface area contributed by atoms with Crippen LogP contribution >= 0.6 is 0 Å². The van der Waals surface area contributed by atoms with Crippen molar-refractivity contribution in [3.63, 3.8) is 0 Å². The van der Waals surface area contributed by atoms with Crippen molar-refractivity contribution in [1.82, 2.24) is 0 Å². The summed E-state index contributed by atoms with van der Waals surface area (Å²) >= 11 is 0. The summed E-state index contributed by atoms with van der Waals surface area (Å²) in [6, 6.07) is 12.6. The molecule has 0 radical (unpaired) electrons. The molecule has 0 spiro atoms. The number of hydrogen-bond acceptors (Lipinski definition) is 3. The molecule has 4 nitrogen and oxygen atoms in total. The molecule has 0 saturated carbocycles. The van der Waals surface area contributed by atoms with Crippen LogP contribution in [0.3, 0.4) is 0 Å². The summed E-state index contributed by atoms with van der Waals surface area (Å²) in [6.07, 6.45) is 1.46. The van der Waals surface area contributed by atoms with Crippen molar-refractivity contribution in [2.45, 2.75) is 32.7 Å². The maximum absolute atomic E-state index is 12.9. The molecule has 0 aliphatic carbocycles. The number of phenolic OH excluding ortho intramolecular Hbond substituents is 1. The highest BCUT2D eigenvalue weighted by atomic mass is 16.3. The third kappa shape index (κ3) is 3.29. The van der Waals surface area contributed by atoms with Gasteiger partial charge in [-0.3, -0.25) is 4.79 Å². The zero-order valence-electron chi connectivity index (χ0n) is 14.2.